The SMILES string of the molecule is CC(C)(Nc1nc(NN)ccc1[N+](=O)[O-])C1CC1. The van der Waals surface area contributed by atoms with Crippen molar-refractivity contribution in [3.05, 3.63) is 22.2 Å². The normalized spacial score (nSPS) is 15.3. The van der Waals surface area contributed by atoms with Gasteiger partial charge in [0.15, 0.2) is 0 Å². The number of nitrogens with one attached hydrogen (secondary N) is 2. The first-order chi connectivity index (χ1) is 8.44. The predicted molar refractivity (Wildman–Crippen MR) is 69.1 cm³/mol. The number of anilines is 2. The van der Waals surface area contributed by atoms with Crippen LogP contribution in [0.25, 0.3) is 0 Å². The van der Waals surface area contributed by atoms with Gasteiger partial charge in [0, 0.05) is 11.6 Å². The highest BCUT2D eigenvalue weighted by Gasteiger charge is 2.39. The van der Waals surface area contributed by atoms with Crippen molar-refractivity contribution in [1.29, 1.82) is 0 Å². The predicted octanol–water partition coefficient (Wildman–Crippen LogP) is 1.88. The number of nitro groups is 1. The Labute approximate surface area is 105 Å². The fourth-order valence-electron chi connectivity index (χ4n) is 1.98. The molecule has 1 aromatic rings. The maximum Gasteiger partial charge on any atom is 0.311 e. The topological polar surface area (TPSA) is 106 Å². The number of nitrogens with zero attached hydrogens (tertiary/aromatic N) is 2. The lowest BCUT2D eigenvalue weighted by molar-refractivity contribution is -0.384. The molecule has 0 atom stereocenters. The minimum Gasteiger partial charge on any atom is -0.359 e. The van der Waals surface area contributed by atoms with Crippen molar-refractivity contribution >= 4 is 17.3 Å². The smallest absolute Gasteiger partial charge is 0.311 e. The summed E-state index contributed by atoms with van der Waals surface area (Å²) in [5.74, 6) is 6.46. The zero-order valence-corrected chi connectivity index (χ0v) is 10.4. The van der Waals surface area contributed by atoms with Crippen LogP contribution in [-0.4, -0.2) is 15.4 Å². The largest absolute Gasteiger partial charge is 0.359 e. The van der Waals surface area contributed by atoms with Crippen LogP contribution in [0.3, 0.4) is 0 Å². The summed E-state index contributed by atoms with van der Waals surface area (Å²) in [5, 5.41) is 14.1. The summed E-state index contributed by atoms with van der Waals surface area (Å²) >= 11 is 0. The number of hydrogen-bond acceptors (Lipinski definition) is 6. The van der Waals surface area contributed by atoms with Gasteiger partial charge in [0.1, 0.15) is 5.82 Å². The van der Waals surface area contributed by atoms with E-state index in [0.29, 0.717) is 11.7 Å². The van der Waals surface area contributed by atoms with Gasteiger partial charge in [-0.15, -0.1) is 0 Å². The van der Waals surface area contributed by atoms with Crippen molar-refractivity contribution in [2.45, 2.75) is 32.2 Å². The second-order valence-corrected chi connectivity index (χ2v) is 5.09. The lowest BCUT2D eigenvalue weighted by atomic mass is 9.99. The molecule has 98 valence electrons. The molecule has 7 nitrogen and oxygen atoms in total. The monoisotopic (exact) mass is 251 g/mol. The first-order valence-electron chi connectivity index (χ1n) is 5.84. The number of rotatable bonds is 5. The molecule has 0 spiro atoms. The van der Waals surface area contributed by atoms with Crippen LogP contribution in [0.1, 0.15) is 26.7 Å². The first kappa shape index (κ1) is 12.6. The molecular formula is C11H17N5O2. The van der Waals surface area contributed by atoms with Gasteiger partial charge in [0.05, 0.1) is 4.92 Å². The van der Waals surface area contributed by atoms with E-state index in [1.54, 1.807) is 0 Å². The molecule has 0 radical (unpaired) electrons. The maximum absolute atomic E-state index is 11.0. The van der Waals surface area contributed by atoms with E-state index in [2.05, 4.69) is 15.7 Å². The second kappa shape index (κ2) is 4.41. The first-order valence-corrected chi connectivity index (χ1v) is 5.84. The van der Waals surface area contributed by atoms with Crippen LogP contribution in [0.15, 0.2) is 12.1 Å². The number of nitrogen functional groups attached to an aromatic ring is 1. The van der Waals surface area contributed by atoms with Gasteiger partial charge >= 0.3 is 5.69 Å². The molecule has 7 heteroatoms. The summed E-state index contributed by atoms with van der Waals surface area (Å²) in [6, 6.07) is 2.88. The number of pyridine rings is 1. The van der Waals surface area contributed by atoms with Crippen LogP contribution in [0.2, 0.25) is 0 Å². The molecule has 0 unspecified atom stereocenters. The van der Waals surface area contributed by atoms with Gasteiger partial charge in [-0.3, -0.25) is 10.1 Å². The van der Waals surface area contributed by atoms with E-state index in [4.69, 9.17) is 5.84 Å². The van der Waals surface area contributed by atoms with Crippen molar-refractivity contribution < 1.29 is 4.92 Å². The summed E-state index contributed by atoms with van der Waals surface area (Å²) in [6.45, 7) is 4.05. The summed E-state index contributed by atoms with van der Waals surface area (Å²) < 4.78 is 0. The van der Waals surface area contributed by atoms with Crippen LogP contribution in [-0.2, 0) is 0 Å². The zero-order chi connectivity index (χ0) is 13.3. The van der Waals surface area contributed by atoms with Crippen molar-refractivity contribution in [3.8, 4) is 0 Å². The molecule has 1 aliphatic carbocycles. The Balaban J connectivity index is 2.31. The van der Waals surface area contributed by atoms with Crippen LogP contribution >= 0.6 is 0 Å². The Morgan fingerprint density at radius 1 is 1.50 bits per heavy atom. The lowest BCUT2D eigenvalue weighted by Gasteiger charge is -2.26. The number of hydrazine groups is 1. The van der Waals surface area contributed by atoms with Crippen LogP contribution in [0, 0.1) is 16.0 Å². The Kier molecular flexibility index (Phi) is 3.08. The average Bonchev–Trinajstić information content (AvgIpc) is 3.11. The Hall–Kier alpha value is -1.89. The van der Waals surface area contributed by atoms with E-state index in [9.17, 15) is 10.1 Å². The summed E-state index contributed by atoms with van der Waals surface area (Å²) in [5.41, 5.74) is 2.15. The molecule has 0 saturated heterocycles. The highest BCUT2D eigenvalue weighted by atomic mass is 16.6. The number of hydrogen-bond donors (Lipinski definition) is 3. The average molecular weight is 251 g/mol. The minimum absolute atomic E-state index is 0.0391. The van der Waals surface area contributed by atoms with Gasteiger partial charge in [-0.25, -0.2) is 10.8 Å². The van der Waals surface area contributed by atoms with Gasteiger partial charge in [0.25, 0.3) is 0 Å². The van der Waals surface area contributed by atoms with Gasteiger partial charge < -0.3 is 10.7 Å². The zero-order valence-electron chi connectivity index (χ0n) is 10.4. The molecule has 4 N–H and O–H groups in total. The third-order valence-corrected chi connectivity index (χ3v) is 3.26. The number of aromatic nitrogens is 1. The van der Waals surface area contributed by atoms with E-state index in [0.717, 1.165) is 12.8 Å². The molecule has 0 aliphatic heterocycles. The molecule has 0 bridgehead atoms. The van der Waals surface area contributed by atoms with E-state index in [1.165, 1.54) is 12.1 Å². The van der Waals surface area contributed by atoms with Gasteiger partial charge in [-0.2, -0.15) is 0 Å². The molecule has 1 fully saturated rings. The van der Waals surface area contributed by atoms with E-state index >= 15 is 0 Å². The molecule has 1 saturated carbocycles. The fourth-order valence-corrected chi connectivity index (χ4v) is 1.98. The second-order valence-electron chi connectivity index (χ2n) is 5.09. The van der Waals surface area contributed by atoms with Gasteiger partial charge in [-0.05, 0) is 38.7 Å². The Morgan fingerprint density at radius 2 is 2.17 bits per heavy atom. The third kappa shape index (κ3) is 2.51. The van der Waals surface area contributed by atoms with Gasteiger partial charge in [-0.1, -0.05) is 0 Å². The lowest BCUT2D eigenvalue weighted by Crippen LogP contribution is -2.34. The Morgan fingerprint density at radius 3 is 2.67 bits per heavy atom. The number of nitrogens with two attached hydrogens (primary N) is 1. The molecule has 0 amide bonds. The molecular weight excluding hydrogens is 234 g/mol. The maximum atomic E-state index is 11.0. The van der Waals surface area contributed by atoms with Crippen LogP contribution < -0.4 is 16.6 Å². The molecule has 18 heavy (non-hydrogen) atoms. The summed E-state index contributed by atoms with van der Waals surface area (Å²) in [6.07, 6.45) is 2.28. The molecule has 1 aromatic heterocycles. The molecule has 0 aromatic carbocycles. The molecule has 1 aliphatic rings. The highest BCUT2D eigenvalue weighted by molar-refractivity contribution is 5.61. The fraction of sp³-hybridized carbons (Fsp3) is 0.545. The summed E-state index contributed by atoms with van der Waals surface area (Å²) in [4.78, 5) is 14.6. The van der Waals surface area contributed by atoms with Gasteiger partial charge in [0.2, 0.25) is 5.82 Å². The van der Waals surface area contributed by atoms with Crippen molar-refractivity contribution in [1.82, 2.24) is 4.98 Å². The van der Waals surface area contributed by atoms with E-state index in [1.807, 2.05) is 13.8 Å². The Bertz CT molecular complexity index is 471. The highest BCUT2D eigenvalue weighted by Crippen LogP contribution is 2.42. The van der Waals surface area contributed by atoms with Crippen molar-refractivity contribution in [2.75, 3.05) is 10.7 Å². The summed E-state index contributed by atoms with van der Waals surface area (Å²) in [7, 11) is 0. The van der Waals surface area contributed by atoms with Crippen molar-refractivity contribution in [2.24, 2.45) is 11.8 Å². The van der Waals surface area contributed by atoms with E-state index < -0.39 is 4.92 Å². The standard InChI is InChI=1S/C11H17N5O2/c1-11(2,7-3-4-7)14-10-8(16(17)18)5-6-9(13-10)15-12/h5-7H,3-4,12H2,1-2H3,(H2,13,14,15). The van der Waals surface area contributed by atoms with E-state index in [-0.39, 0.29) is 17.0 Å². The third-order valence-electron chi connectivity index (χ3n) is 3.26. The molecule has 2 rings (SSSR count). The van der Waals surface area contributed by atoms with Crippen molar-refractivity contribution in [3.63, 3.8) is 0 Å². The quantitative estimate of drug-likeness (QED) is 0.419. The van der Waals surface area contributed by atoms with Crippen LogP contribution in [0.5, 0.6) is 0 Å². The van der Waals surface area contributed by atoms with Crippen LogP contribution in [0.4, 0.5) is 17.3 Å². The molecule has 1 heterocycles. The minimum atomic E-state index is -0.446.